The predicted molar refractivity (Wildman–Crippen MR) is 121 cm³/mol. The number of aromatic nitrogens is 5. The zero-order valence-corrected chi connectivity index (χ0v) is 17.3. The van der Waals surface area contributed by atoms with Crippen molar-refractivity contribution < 1.29 is 4.74 Å². The molecule has 0 amide bonds. The largest absolute Gasteiger partial charge is 0.382 e. The Morgan fingerprint density at radius 3 is 2.97 bits per heavy atom. The van der Waals surface area contributed by atoms with Crippen LogP contribution in [0, 0.1) is 0 Å². The molecular formula is C22H24N8O. The predicted octanol–water partition coefficient (Wildman–Crippen LogP) is 3.31. The molecule has 0 radical (unpaired) electrons. The second-order valence-corrected chi connectivity index (χ2v) is 7.52. The lowest BCUT2D eigenvalue weighted by atomic mass is 10.0. The maximum Gasteiger partial charge on any atom is 0.152 e. The fourth-order valence-electron chi connectivity index (χ4n) is 4.29. The van der Waals surface area contributed by atoms with Gasteiger partial charge in [-0.2, -0.15) is 15.3 Å². The molecular weight excluding hydrogens is 392 g/mol. The molecule has 0 atom stereocenters. The summed E-state index contributed by atoms with van der Waals surface area (Å²) in [5, 5.41) is 19.1. The first-order valence-corrected chi connectivity index (χ1v) is 10.3. The van der Waals surface area contributed by atoms with Crippen molar-refractivity contribution in [2.75, 3.05) is 18.9 Å². The normalized spacial score (nSPS) is 15.6. The summed E-state index contributed by atoms with van der Waals surface area (Å²) < 4.78 is 7.37. The molecule has 1 fully saturated rings. The number of hydrazone groups is 1. The van der Waals surface area contributed by atoms with Crippen LogP contribution < -0.4 is 5.73 Å². The topological polar surface area (TPSA) is 110 Å². The molecule has 0 spiro atoms. The van der Waals surface area contributed by atoms with Crippen LogP contribution in [0.3, 0.4) is 0 Å². The summed E-state index contributed by atoms with van der Waals surface area (Å²) in [4.78, 5) is 4.25. The number of hydrogen-bond acceptors (Lipinski definition) is 7. The fraction of sp³-hybridized carbons (Fsp3) is 0.273. The number of fused-ring (bicyclic) bond motifs is 2. The summed E-state index contributed by atoms with van der Waals surface area (Å²) in [5.41, 5.74) is 11.8. The van der Waals surface area contributed by atoms with Crippen LogP contribution in [-0.4, -0.2) is 55.8 Å². The van der Waals surface area contributed by atoms with Crippen LogP contribution in [0.4, 0.5) is 5.82 Å². The minimum atomic E-state index is 0.211. The quantitative estimate of drug-likeness (QED) is 0.382. The molecule has 31 heavy (non-hydrogen) atoms. The number of allylic oxidation sites excluding steroid dienone is 1. The van der Waals surface area contributed by atoms with Crippen LogP contribution >= 0.6 is 0 Å². The third kappa shape index (κ3) is 3.23. The monoisotopic (exact) mass is 416 g/mol. The zero-order chi connectivity index (χ0) is 21.4. The molecule has 4 aromatic rings. The zero-order valence-electron chi connectivity index (χ0n) is 17.3. The number of H-pyrrole nitrogens is 1. The van der Waals surface area contributed by atoms with E-state index < -0.39 is 0 Å². The van der Waals surface area contributed by atoms with E-state index in [0.29, 0.717) is 19.0 Å². The van der Waals surface area contributed by atoms with Gasteiger partial charge in [-0.15, -0.1) is 0 Å². The lowest BCUT2D eigenvalue weighted by molar-refractivity contribution is 0.0535. The molecule has 1 aliphatic heterocycles. The van der Waals surface area contributed by atoms with Gasteiger partial charge in [0.25, 0.3) is 0 Å². The molecule has 5 rings (SSSR count). The van der Waals surface area contributed by atoms with Crippen LogP contribution in [0.15, 0.2) is 48.0 Å². The SMILES string of the molecule is C=NN(/C(=C\C)c1cc(-c2ccc3cn[nH]c3c2)n2ncnc(N)c12)C1CCOCC1. The number of anilines is 1. The van der Waals surface area contributed by atoms with Gasteiger partial charge in [-0.1, -0.05) is 18.2 Å². The Labute approximate surface area is 179 Å². The van der Waals surface area contributed by atoms with Crippen molar-refractivity contribution in [1.82, 2.24) is 29.8 Å². The molecule has 3 N–H and O–H groups in total. The minimum Gasteiger partial charge on any atom is -0.382 e. The fourth-order valence-corrected chi connectivity index (χ4v) is 4.29. The number of rotatable bonds is 5. The van der Waals surface area contributed by atoms with Gasteiger partial charge in [0, 0.05) is 36.4 Å². The minimum absolute atomic E-state index is 0.211. The first kappa shape index (κ1) is 19.3. The Kier molecular flexibility index (Phi) is 4.87. The Morgan fingerprint density at radius 1 is 1.35 bits per heavy atom. The summed E-state index contributed by atoms with van der Waals surface area (Å²) in [5.74, 6) is 0.411. The van der Waals surface area contributed by atoms with Gasteiger partial charge >= 0.3 is 0 Å². The second kappa shape index (κ2) is 7.84. The molecule has 4 heterocycles. The van der Waals surface area contributed by atoms with Gasteiger partial charge in [0.2, 0.25) is 0 Å². The summed E-state index contributed by atoms with van der Waals surface area (Å²) in [6.45, 7) is 7.26. The Hall–Kier alpha value is -3.72. The van der Waals surface area contributed by atoms with Crippen molar-refractivity contribution in [3.8, 4) is 11.3 Å². The number of ether oxygens (including phenoxy) is 1. The number of nitrogens with zero attached hydrogens (tertiary/aromatic N) is 6. The van der Waals surface area contributed by atoms with Crippen molar-refractivity contribution in [2.45, 2.75) is 25.8 Å². The third-order valence-electron chi connectivity index (χ3n) is 5.81. The average Bonchev–Trinajstić information content (AvgIpc) is 3.43. The molecule has 3 aromatic heterocycles. The number of nitrogen functional groups attached to an aromatic ring is 1. The van der Waals surface area contributed by atoms with Crippen LogP contribution in [-0.2, 0) is 4.74 Å². The van der Waals surface area contributed by atoms with Crippen molar-refractivity contribution >= 4 is 34.7 Å². The molecule has 0 bridgehead atoms. The lowest BCUT2D eigenvalue weighted by Crippen LogP contribution is -2.34. The molecule has 1 saturated heterocycles. The number of aromatic amines is 1. The summed E-state index contributed by atoms with van der Waals surface area (Å²) in [6, 6.07) is 8.45. The van der Waals surface area contributed by atoms with E-state index in [2.05, 4.69) is 50.3 Å². The molecule has 1 aliphatic rings. The maximum absolute atomic E-state index is 6.33. The van der Waals surface area contributed by atoms with Crippen LogP contribution in [0.5, 0.6) is 0 Å². The van der Waals surface area contributed by atoms with E-state index in [1.807, 2.05) is 28.6 Å². The Balaban J connectivity index is 1.68. The highest BCUT2D eigenvalue weighted by molar-refractivity contribution is 5.90. The highest BCUT2D eigenvalue weighted by Crippen LogP contribution is 2.36. The van der Waals surface area contributed by atoms with E-state index in [4.69, 9.17) is 10.5 Å². The number of benzene rings is 1. The summed E-state index contributed by atoms with van der Waals surface area (Å²) >= 11 is 0. The van der Waals surface area contributed by atoms with Crippen molar-refractivity contribution in [2.24, 2.45) is 5.10 Å². The van der Waals surface area contributed by atoms with Gasteiger partial charge in [-0.05, 0) is 31.9 Å². The molecule has 0 aliphatic carbocycles. The van der Waals surface area contributed by atoms with E-state index in [1.54, 1.807) is 6.20 Å². The van der Waals surface area contributed by atoms with Crippen LogP contribution in [0.1, 0.15) is 25.3 Å². The van der Waals surface area contributed by atoms with Crippen molar-refractivity contribution in [3.05, 3.63) is 48.4 Å². The second-order valence-electron chi connectivity index (χ2n) is 7.52. The first-order valence-electron chi connectivity index (χ1n) is 10.3. The highest BCUT2D eigenvalue weighted by atomic mass is 16.5. The Morgan fingerprint density at radius 2 is 2.19 bits per heavy atom. The van der Waals surface area contributed by atoms with Gasteiger partial charge in [-0.25, -0.2) is 9.50 Å². The van der Waals surface area contributed by atoms with Crippen LogP contribution in [0.25, 0.3) is 33.4 Å². The number of nitrogens with one attached hydrogen (secondary N) is 1. The van der Waals surface area contributed by atoms with E-state index in [0.717, 1.165) is 51.8 Å². The summed E-state index contributed by atoms with van der Waals surface area (Å²) in [6.07, 6.45) is 7.09. The van der Waals surface area contributed by atoms with Crippen LogP contribution in [0.2, 0.25) is 0 Å². The van der Waals surface area contributed by atoms with E-state index in [9.17, 15) is 0 Å². The maximum atomic E-state index is 6.33. The summed E-state index contributed by atoms with van der Waals surface area (Å²) in [7, 11) is 0. The van der Waals surface area contributed by atoms with E-state index in [1.165, 1.54) is 6.33 Å². The number of nitrogens with two attached hydrogens (primary N) is 1. The van der Waals surface area contributed by atoms with E-state index in [-0.39, 0.29) is 6.04 Å². The van der Waals surface area contributed by atoms with Gasteiger partial charge < -0.3 is 10.5 Å². The van der Waals surface area contributed by atoms with Crippen molar-refractivity contribution in [1.29, 1.82) is 0 Å². The number of hydrogen-bond donors (Lipinski definition) is 2. The molecule has 9 heteroatoms. The van der Waals surface area contributed by atoms with Gasteiger partial charge in [0.1, 0.15) is 11.8 Å². The lowest BCUT2D eigenvalue weighted by Gasteiger charge is -2.33. The Bertz CT molecular complexity index is 1280. The standard InChI is InChI=1S/C22H24N8O/c1-3-19(29(24-2)16-6-8-31-9-7-16)17-11-20(30-21(17)22(23)25-13-27-30)14-4-5-15-12-26-28-18(15)10-14/h3-5,10-13,16H,2,6-9H2,1H3,(H,26,28)(H2,23,25,27)/b19-3-. The molecule has 9 nitrogen and oxygen atoms in total. The highest BCUT2D eigenvalue weighted by Gasteiger charge is 2.27. The first-order chi connectivity index (χ1) is 15.2. The third-order valence-corrected chi connectivity index (χ3v) is 5.81. The molecule has 1 aromatic carbocycles. The van der Waals surface area contributed by atoms with Crippen molar-refractivity contribution in [3.63, 3.8) is 0 Å². The molecule has 158 valence electrons. The molecule has 0 saturated carbocycles. The molecule has 0 unspecified atom stereocenters. The van der Waals surface area contributed by atoms with Gasteiger partial charge in [0.15, 0.2) is 5.82 Å². The van der Waals surface area contributed by atoms with Gasteiger partial charge in [-0.3, -0.25) is 10.1 Å². The van der Waals surface area contributed by atoms with Gasteiger partial charge in [0.05, 0.1) is 29.1 Å². The average molecular weight is 416 g/mol. The smallest absolute Gasteiger partial charge is 0.152 e. The van der Waals surface area contributed by atoms with E-state index >= 15 is 0 Å².